The van der Waals surface area contributed by atoms with E-state index in [2.05, 4.69) is 5.32 Å². The second kappa shape index (κ2) is 8.97. The molecule has 134 valence electrons. The summed E-state index contributed by atoms with van der Waals surface area (Å²) in [5.74, 6) is 0.986. The lowest BCUT2D eigenvalue weighted by atomic mass is 10.1. The maximum absolute atomic E-state index is 12.5. The number of rotatable bonds is 7. The minimum atomic E-state index is -0.656. The van der Waals surface area contributed by atoms with E-state index in [4.69, 9.17) is 32.7 Å². The Kier molecular flexibility index (Phi) is 6.97. The van der Waals surface area contributed by atoms with Crippen molar-refractivity contribution in [2.24, 2.45) is 5.92 Å². The van der Waals surface area contributed by atoms with Crippen LogP contribution in [0.25, 0.3) is 0 Å². The third kappa shape index (κ3) is 5.55. The smallest absolute Gasteiger partial charge is 0.261 e. The van der Waals surface area contributed by atoms with Gasteiger partial charge in [0.1, 0.15) is 11.5 Å². The van der Waals surface area contributed by atoms with Gasteiger partial charge in [-0.3, -0.25) is 4.79 Å². The van der Waals surface area contributed by atoms with Crippen LogP contribution >= 0.6 is 23.2 Å². The summed E-state index contributed by atoms with van der Waals surface area (Å²) in [5.41, 5.74) is 0.973. The molecule has 0 heterocycles. The largest absolute Gasteiger partial charge is 0.497 e. The first-order chi connectivity index (χ1) is 11.9. The molecule has 0 saturated heterocycles. The van der Waals surface area contributed by atoms with Crippen LogP contribution in [0, 0.1) is 5.92 Å². The van der Waals surface area contributed by atoms with Crippen molar-refractivity contribution in [3.8, 4) is 11.5 Å². The number of hydrogen-bond acceptors (Lipinski definition) is 3. The van der Waals surface area contributed by atoms with Crippen molar-refractivity contribution in [3.63, 3.8) is 0 Å². The molecule has 2 aromatic rings. The molecule has 2 aromatic carbocycles. The Hall–Kier alpha value is -1.91. The average Bonchev–Trinajstić information content (AvgIpc) is 2.59. The van der Waals surface area contributed by atoms with Gasteiger partial charge in [-0.1, -0.05) is 49.2 Å². The van der Waals surface area contributed by atoms with Gasteiger partial charge >= 0.3 is 0 Å². The third-order valence-electron chi connectivity index (χ3n) is 3.64. The molecule has 0 fully saturated rings. The number of benzene rings is 2. The van der Waals surface area contributed by atoms with Gasteiger partial charge in [0.05, 0.1) is 12.1 Å². The van der Waals surface area contributed by atoms with Gasteiger partial charge in [-0.15, -0.1) is 0 Å². The summed E-state index contributed by atoms with van der Waals surface area (Å²) in [7, 11) is 1.61. The number of carbonyl (C=O) groups is 1. The summed E-state index contributed by atoms with van der Waals surface area (Å²) in [5, 5.41) is 3.79. The number of nitrogens with one attached hydrogen (secondary N) is 1. The molecule has 25 heavy (non-hydrogen) atoms. The van der Waals surface area contributed by atoms with Gasteiger partial charge in [-0.05, 0) is 41.8 Å². The third-order valence-corrected chi connectivity index (χ3v) is 4.17. The van der Waals surface area contributed by atoms with E-state index in [9.17, 15) is 4.79 Å². The summed E-state index contributed by atoms with van der Waals surface area (Å²) in [6, 6.07) is 12.4. The molecule has 6 heteroatoms. The Morgan fingerprint density at radius 2 is 1.80 bits per heavy atom. The number of hydrogen-bond donors (Lipinski definition) is 1. The Labute approximate surface area is 158 Å². The van der Waals surface area contributed by atoms with Crippen molar-refractivity contribution in [1.82, 2.24) is 5.32 Å². The van der Waals surface area contributed by atoms with Gasteiger partial charge < -0.3 is 14.8 Å². The van der Waals surface area contributed by atoms with Crippen LogP contribution in [-0.4, -0.2) is 19.1 Å². The van der Waals surface area contributed by atoms with Crippen LogP contribution in [0.2, 0.25) is 10.0 Å². The zero-order valence-corrected chi connectivity index (χ0v) is 15.9. The standard InChI is InChI=1S/C19H21Cl2NO3/c1-12(2)18(25-17-9-6-14(20)10-16(17)21)19(23)22-11-13-4-7-15(24-3)8-5-13/h4-10,12,18H,11H2,1-3H3,(H,22,23). The van der Waals surface area contributed by atoms with Crippen LogP contribution in [0.4, 0.5) is 0 Å². The highest BCUT2D eigenvalue weighted by atomic mass is 35.5. The van der Waals surface area contributed by atoms with Crippen molar-refractivity contribution in [3.05, 3.63) is 58.1 Å². The zero-order valence-electron chi connectivity index (χ0n) is 14.4. The first-order valence-corrected chi connectivity index (χ1v) is 8.68. The summed E-state index contributed by atoms with van der Waals surface area (Å²) in [4.78, 5) is 12.5. The van der Waals surface area contributed by atoms with E-state index in [0.717, 1.165) is 11.3 Å². The van der Waals surface area contributed by atoms with Gasteiger partial charge in [-0.25, -0.2) is 0 Å². The summed E-state index contributed by atoms with van der Waals surface area (Å²) >= 11 is 12.0. The van der Waals surface area contributed by atoms with Crippen molar-refractivity contribution in [2.75, 3.05) is 7.11 Å². The van der Waals surface area contributed by atoms with E-state index in [1.807, 2.05) is 38.1 Å². The average molecular weight is 382 g/mol. The minimum Gasteiger partial charge on any atom is -0.497 e. The molecular formula is C19H21Cl2NO3. The zero-order chi connectivity index (χ0) is 18.4. The number of ether oxygens (including phenoxy) is 2. The van der Waals surface area contributed by atoms with Gasteiger partial charge in [-0.2, -0.15) is 0 Å². The lowest BCUT2D eigenvalue weighted by Crippen LogP contribution is -2.41. The Balaban J connectivity index is 2.01. The summed E-state index contributed by atoms with van der Waals surface area (Å²) < 4.78 is 10.9. The van der Waals surface area contributed by atoms with Crippen LogP contribution in [0.15, 0.2) is 42.5 Å². The van der Waals surface area contributed by atoms with Crippen molar-refractivity contribution in [2.45, 2.75) is 26.5 Å². The number of amides is 1. The maximum Gasteiger partial charge on any atom is 0.261 e. The summed E-state index contributed by atoms with van der Waals surface area (Å²) in [6.07, 6.45) is -0.656. The molecule has 1 amide bonds. The van der Waals surface area contributed by atoms with E-state index >= 15 is 0 Å². The monoisotopic (exact) mass is 381 g/mol. The molecule has 0 aliphatic rings. The van der Waals surface area contributed by atoms with Crippen LogP contribution in [0.5, 0.6) is 11.5 Å². The highest BCUT2D eigenvalue weighted by molar-refractivity contribution is 6.35. The van der Waals surface area contributed by atoms with Gasteiger partial charge in [0.25, 0.3) is 5.91 Å². The molecule has 2 rings (SSSR count). The number of methoxy groups -OCH3 is 1. The number of carbonyl (C=O) groups excluding carboxylic acids is 1. The van der Waals surface area contributed by atoms with Gasteiger partial charge in [0.2, 0.25) is 0 Å². The topological polar surface area (TPSA) is 47.6 Å². The summed E-state index contributed by atoms with van der Waals surface area (Å²) in [6.45, 7) is 4.24. The highest BCUT2D eigenvalue weighted by Crippen LogP contribution is 2.29. The molecule has 0 bridgehead atoms. The van der Waals surface area contributed by atoms with Crippen LogP contribution in [0.1, 0.15) is 19.4 Å². The second-order valence-electron chi connectivity index (χ2n) is 5.92. The molecule has 1 unspecified atom stereocenters. The van der Waals surface area contributed by atoms with E-state index < -0.39 is 6.10 Å². The highest BCUT2D eigenvalue weighted by Gasteiger charge is 2.25. The second-order valence-corrected chi connectivity index (χ2v) is 6.77. The van der Waals surface area contributed by atoms with Crippen LogP contribution in [0.3, 0.4) is 0 Å². The Morgan fingerprint density at radius 3 is 2.36 bits per heavy atom. The molecule has 0 aromatic heterocycles. The fraction of sp³-hybridized carbons (Fsp3) is 0.316. The predicted molar refractivity (Wildman–Crippen MR) is 101 cm³/mol. The fourth-order valence-corrected chi connectivity index (χ4v) is 2.69. The van der Waals surface area contributed by atoms with Gasteiger partial charge in [0, 0.05) is 11.6 Å². The van der Waals surface area contributed by atoms with E-state index in [-0.39, 0.29) is 11.8 Å². The molecule has 0 radical (unpaired) electrons. The van der Waals surface area contributed by atoms with Crippen LogP contribution < -0.4 is 14.8 Å². The molecule has 4 nitrogen and oxygen atoms in total. The fourth-order valence-electron chi connectivity index (χ4n) is 2.23. The Bertz CT molecular complexity index is 717. The molecular weight excluding hydrogens is 361 g/mol. The molecule has 0 spiro atoms. The van der Waals surface area contributed by atoms with E-state index in [0.29, 0.717) is 22.3 Å². The van der Waals surface area contributed by atoms with Crippen molar-refractivity contribution >= 4 is 29.1 Å². The Morgan fingerprint density at radius 1 is 1.12 bits per heavy atom. The lowest BCUT2D eigenvalue weighted by molar-refractivity contribution is -0.130. The maximum atomic E-state index is 12.5. The lowest BCUT2D eigenvalue weighted by Gasteiger charge is -2.22. The van der Waals surface area contributed by atoms with Gasteiger partial charge in [0.15, 0.2) is 6.10 Å². The quantitative estimate of drug-likeness (QED) is 0.754. The van der Waals surface area contributed by atoms with E-state index in [1.165, 1.54) is 0 Å². The first-order valence-electron chi connectivity index (χ1n) is 7.93. The van der Waals surface area contributed by atoms with E-state index in [1.54, 1.807) is 25.3 Å². The van der Waals surface area contributed by atoms with Crippen LogP contribution in [-0.2, 0) is 11.3 Å². The molecule has 0 aliphatic carbocycles. The SMILES string of the molecule is COc1ccc(CNC(=O)C(Oc2ccc(Cl)cc2Cl)C(C)C)cc1. The van der Waals surface area contributed by atoms with Crippen molar-refractivity contribution < 1.29 is 14.3 Å². The first kappa shape index (κ1) is 19.4. The number of halogens is 2. The normalized spacial score (nSPS) is 11.9. The molecule has 1 atom stereocenters. The minimum absolute atomic E-state index is 0.0254. The molecule has 0 saturated carbocycles. The van der Waals surface area contributed by atoms with Crippen molar-refractivity contribution in [1.29, 1.82) is 0 Å². The molecule has 0 aliphatic heterocycles. The predicted octanol–water partition coefficient (Wildman–Crippen LogP) is 4.72. The molecule has 1 N–H and O–H groups in total.